The number of aromatic hydroxyl groups is 1. The fourth-order valence-electron chi connectivity index (χ4n) is 3.91. The summed E-state index contributed by atoms with van der Waals surface area (Å²) in [6, 6.07) is 20.1. The molecule has 1 aliphatic rings. The van der Waals surface area contributed by atoms with Crippen LogP contribution in [0.15, 0.2) is 72.8 Å². The number of nitro benzene ring substituents is 1. The Morgan fingerprint density at radius 2 is 1.72 bits per heavy atom. The van der Waals surface area contributed by atoms with E-state index in [1.54, 1.807) is 12.2 Å². The summed E-state index contributed by atoms with van der Waals surface area (Å²) >= 11 is 0. The van der Waals surface area contributed by atoms with Gasteiger partial charge in [0.1, 0.15) is 12.4 Å². The molecule has 0 heterocycles. The molecule has 0 fully saturated rings. The molecule has 0 radical (unpaired) electrons. The molecule has 7 nitrogen and oxygen atoms in total. The Labute approximate surface area is 185 Å². The molecule has 7 heteroatoms. The van der Waals surface area contributed by atoms with Crippen LogP contribution in [0.1, 0.15) is 29.0 Å². The number of nitro groups is 1. The molecular weight excluding hydrogens is 408 g/mol. The van der Waals surface area contributed by atoms with Crippen LogP contribution in [0.2, 0.25) is 0 Å². The maximum absolute atomic E-state index is 12.2. The number of ether oxygens (including phenoxy) is 1. The molecule has 162 valence electrons. The van der Waals surface area contributed by atoms with E-state index in [1.165, 1.54) is 29.3 Å². The van der Waals surface area contributed by atoms with Crippen molar-refractivity contribution in [3.8, 4) is 16.9 Å². The predicted octanol–water partition coefficient (Wildman–Crippen LogP) is 5.24. The summed E-state index contributed by atoms with van der Waals surface area (Å²) in [4.78, 5) is 22.5. The highest BCUT2D eigenvalue weighted by atomic mass is 16.6. The van der Waals surface area contributed by atoms with E-state index in [1.807, 2.05) is 24.3 Å². The Morgan fingerprint density at radius 3 is 2.38 bits per heavy atom. The number of phenols is 1. The lowest BCUT2D eigenvalue weighted by molar-refractivity contribution is -0.384. The molecule has 3 aromatic carbocycles. The van der Waals surface area contributed by atoms with Crippen molar-refractivity contribution in [2.45, 2.75) is 12.3 Å². The third kappa shape index (κ3) is 4.46. The van der Waals surface area contributed by atoms with Gasteiger partial charge in [-0.15, -0.1) is 0 Å². The van der Waals surface area contributed by atoms with Gasteiger partial charge in [-0.2, -0.15) is 0 Å². The highest BCUT2D eigenvalue weighted by Crippen LogP contribution is 2.44. The van der Waals surface area contributed by atoms with Gasteiger partial charge >= 0.3 is 6.09 Å². The van der Waals surface area contributed by atoms with E-state index in [2.05, 4.69) is 29.6 Å². The van der Waals surface area contributed by atoms with E-state index in [9.17, 15) is 20.0 Å². The minimum Gasteiger partial charge on any atom is -0.507 e. The molecule has 3 aromatic rings. The topological polar surface area (TPSA) is 102 Å². The van der Waals surface area contributed by atoms with E-state index >= 15 is 0 Å². The third-order valence-corrected chi connectivity index (χ3v) is 5.44. The molecular formula is C25H22N2O5. The van der Waals surface area contributed by atoms with Gasteiger partial charge < -0.3 is 15.2 Å². The number of carbonyl (C=O) groups is 1. The second kappa shape index (κ2) is 9.34. The maximum Gasteiger partial charge on any atom is 0.407 e. The molecule has 0 aliphatic heterocycles. The van der Waals surface area contributed by atoms with Crippen molar-refractivity contribution in [2.24, 2.45) is 0 Å². The Bertz CT molecular complexity index is 1140. The summed E-state index contributed by atoms with van der Waals surface area (Å²) in [7, 11) is 0. The van der Waals surface area contributed by atoms with Crippen LogP contribution in [-0.4, -0.2) is 29.3 Å². The van der Waals surface area contributed by atoms with E-state index in [0.717, 1.165) is 11.1 Å². The Kier molecular flexibility index (Phi) is 6.17. The van der Waals surface area contributed by atoms with Gasteiger partial charge in [0.05, 0.1) is 4.92 Å². The fraction of sp³-hybridized carbons (Fsp3) is 0.160. The molecule has 0 aromatic heterocycles. The number of hydrogen-bond acceptors (Lipinski definition) is 5. The lowest BCUT2D eigenvalue weighted by atomic mass is 9.98. The zero-order valence-corrected chi connectivity index (χ0v) is 17.2. The molecule has 1 amide bonds. The van der Waals surface area contributed by atoms with Crippen LogP contribution in [0, 0.1) is 10.1 Å². The van der Waals surface area contributed by atoms with Crippen LogP contribution in [0.5, 0.6) is 5.75 Å². The number of amides is 1. The second-order valence-corrected chi connectivity index (χ2v) is 7.44. The van der Waals surface area contributed by atoms with Gasteiger partial charge in [-0.05, 0) is 34.7 Å². The number of phenolic OH excluding ortho intramolecular Hbond substituents is 1. The first-order valence-corrected chi connectivity index (χ1v) is 10.3. The first kappa shape index (κ1) is 21.1. The standard InChI is InChI=1S/C25H22N2O5/c28-24-13-12-18(27(30)31)15-17(24)7-5-6-14-26-25(29)32-16-23-21-10-3-1-8-19(21)20-9-2-4-11-22(20)23/h1-5,7-13,15,23,28H,6,14,16H2,(H,26,29). The monoisotopic (exact) mass is 430 g/mol. The highest BCUT2D eigenvalue weighted by molar-refractivity contribution is 5.79. The molecule has 0 bridgehead atoms. The number of benzene rings is 3. The number of hydrogen-bond donors (Lipinski definition) is 2. The van der Waals surface area contributed by atoms with Crippen molar-refractivity contribution < 1.29 is 19.6 Å². The van der Waals surface area contributed by atoms with Gasteiger partial charge in [0.15, 0.2) is 0 Å². The van der Waals surface area contributed by atoms with Crippen molar-refractivity contribution in [3.05, 3.63) is 99.6 Å². The molecule has 32 heavy (non-hydrogen) atoms. The van der Waals surface area contributed by atoms with Crippen molar-refractivity contribution in [3.63, 3.8) is 0 Å². The van der Waals surface area contributed by atoms with E-state index in [-0.39, 0.29) is 24.0 Å². The number of non-ortho nitro benzene ring substituents is 1. The molecule has 0 saturated heterocycles. The van der Waals surface area contributed by atoms with E-state index in [0.29, 0.717) is 18.5 Å². The smallest absolute Gasteiger partial charge is 0.407 e. The van der Waals surface area contributed by atoms with Crippen molar-refractivity contribution in [1.29, 1.82) is 0 Å². The highest BCUT2D eigenvalue weighted by Gasteiger charge is 2.28. The van der Waals surface area contributed by atoms with Crippen LogP contribution in [0.4, 0.5) is 10.5 Å². The van der Waals surface area contributed by atoms with Crippen molar-refractivity contribution in [1.82, 2.24) is 5.32 Å². The van der Waals surface area contributed by atoms with Crippen LogP contribution < -0.4 is 5.32 Å². The van der Waals surface area contributed by atoms with Gasteiger partial charge in [0, 0.05) is 30.2 Å². The Hall–Kier alpha value is -4.13. The first-order chi connectivity index (χ1) is 15.5. The lowest BCUT2D eigenvalue weighted by Gasteiger charge is -2.14. The molecule has 0 unspecified atom stereocenters. The second-order valence-electron chi connectivity index (χ2n) is 7.44. The summed E-state index contributed by atoms with van der Waals surface area (Å²) in [6.07, 6.45) is 3.29. The largest absolute Gasteiger partial charge is 0.507 e. The van der Waals surface area contributed by atoms with Crippen LogP contribution >= 0.6 is 0 Å². The van der Waals surface area contributed by atoms with Gasteiger partial charge in [0.2, 0.25) is 0 Å². The summed E-state index contributed by atoms with van der Waals surface area (Å²) < 4.78 is 5.48. The Balaban J connectivity index is 1.28. The molecule has 0 atom stereocenters. The van der Waals surface area contributed by atoms with E-state index < -0.39 is 11.0 Å². The summed E-state index contributed by atoms with van der Waals surface area (Å²) in [5.74, 6) is -0.0405. The number of nitrogens with zero attached hydrogens (tertiary/aromatic N) is 1. The average molecular weight is 430 g/mol. The van der Waals surface area contributed by atoms with Crippen LogP contribution in [0.3, 0.4) is 0 Å². The lowest BCUT2D eigenvalue weighted by Crippen LogP contribution is -2.26. The number of fused-ring (bicyclic) bond motifs is 3. The third-order valence-electron chi connectivity index (χ3n) is 5.44. The summed E-state index contributed by atoms with van der Waals surface area (Å²) in [6.45, 7) is 0.583. The minimum atomic E-state index is -0.518. The van der Waals surface area contributed by atoms with E-state index in [4.69, 9.17) is 4.74 Å². The minimum absolute atomic E-state index is 0.00453. The first-order valence-electron chi connectivity index (χ1n) is 10.3. The van der Waals surface area contributed by atoms with Crippen molar-refractivity contribution >= 4 is 17.9 Å². The van der Waals surface area contributed by atoms with Gasteiger partial charge in [0.25, 0.3) is 5.69 Å². The zero-order chi connectivity index (χ0) is 22.5. The van der Waals surface area contributed by atoms with Crippen molar-refractivity contribution in [2.75, 3.05) is 13.2 Å². The number of alkyl carbamates (subject to hydrolysis) is 1. The predicted molar refractivity (Wildman–Crippen MR) is 121 cm³/mol. The van der Waals surface area contributed by atoms with Gasteiger partial charge in [-0.3, -0.25) is 10.1 Å². The number of carbonyl (C=O) groups excluding carboxylic acids is 1. The number of rotatable bonds is 7. The Morgan fingerprint density at radius 1 is 1.06 bits per heavy atom. The zero-order valence-electron chi connectivity index (χ0n) is 17.2. The average Bonchev–Trinajstić information content (AvgIpc) is 3.12. The molecule has 0 spiro atoms. The van der Waals surface area contributed by atoms with Crippen LogP contribution in [-0.2, 0) is 4.74 Å². The normalized spacial score (nSPS) is 12.4. The fourth-order valence-corrected chi connectivity index (χ4v) is 3.91. The number of nitrogens with one attached hydrogen (secondary N) is 1. The van der Waals surface area contributed by atoms with Gasteiger partial charge in [-0.1, -0.05) is 60.7 Å². The summed E-state index contributed by atoms with van der Waals surface area (Å²) in [5.41, 5.74) is 4.90. The SMILES string of the molecule is O=C(NCCC=Cc1cc([N+](=O)[O-])ccc1O)OCC1c2ccccc2-c2ccccc21. The molecule has 1 aliphatic carbocycles. The summed E-state index contributed by atoms with van der Waals surface area (Å²) in [5, 5.41) is 23.4. The quantitative estimate of drug-likeness (QED) is 0.303. The maximum atomic E-state index is 12.2. The van der Waals surface area contributed by atoms with Crippen LogP contribution in [0.25, 0.3) is 17.2 Å². The molecule has 4 rings (SSSR count). The molecule has 0 saturated carbocycles. The molecule has 2 N–H and O–H groups in total. The van der Waals surface area contributed by atoms with Gasteiger partial charge in [-0.25, -0.2) is 4.79 Å².